The van der Waals surface area contributed by atoms with Crippen molar-refractivity contribution >= 4 is 5.91 Å². The molecule has 1 unspecified atom stereocenters. The van der Waals surface area contributed by atoms with Gasteiger partial charge in [-0.1, -0.05) is 0 Å². The molecule has 0 bridgehead atoms. The van der Waals surface area contributed by atoms with Crippen LogP contribution in [0.25, 0.3) is 0 Å². The molecule has 16 heavy (non-hydrogen) atoms. The number of aliphatic hydroxyl groups is 3. The molecular weight excluding hydrogens is 214 g/mol. The molecule has 0 aromatic heterocycles. The van der Waals surface area contributed by atoms with Gasteiger partial charge in [-0.25, -0.2) is 0 Å². The topological polar surface area (TPSA) is 99.0 Å². The Kier molecular flexibility index (Phi) is 5.14. The van der Waals surface area contributed by atoms with Gasteiger partial charge < -0.3 is 25.4 Å². The number of hydrogen-bond acceptors (Lipinski definition) is 5. The lowest BCUT2D eigenvalue weighted by atomic mass is 10.0. The highest BCUT2D eigenvalue weighted by Gasteiger charge is 2.31. The van der Waals surface area contributed by atoms with E-state index in [1.54, 1.807) is 0 Å². The van der Waals surface area contributed by atoms with Crippen molar-refractivity contribution in [3.8, 4) is 0 Å². The molecule has 1 heterocycles. The molecule has 1 saturated heterocycles. The van der Waals surface area contributed by atoms with Gasteiger partial charge in [-0.2, -0.15) is 0 Å². The molecule has 0 spiro atoms. The van der Waals surface area contributed by atoms with E-state index in [0.717, 1.165) is 12.8 Å². The van der Waals surface area contributed by atoms with Crippen LogP contribution in [0.15, 0.2) is 0 Å². The van der Waals surface area contributed by atoms with Crippen LogP contribution in [-0.4, -0.2) is 59.3 Å². The van der Waals surface area contributed by atoms with Crippen molar-refractivity contribution in [1.82, 2.24) is 5.32 Å². The van der Waals surface area contributed by atoms with Crippen molar-refractivity contribution in [3.63, 3.8) is 0 Å². The zero-order valence-corrected chi connectivity index (χ0v) is 9.19. The highest BCUT2D eigenvalue weighted by atomic mass is 16.5. The zero-order valence-electron chi connectivity index (χ0n) is 9.19. The van der Waals surface area contributed by atoms with Crippen molar-refractivity contribution in [1.29, 1.82) is 0 Å². The van der Waals surface area contributed by atoms with Gasteiger partial charge in [-0.3, -0.25) is 4.79 Å². The van der Waals surface area contributed by atoms with E-state index in [2.05, 4.69) is 5.32 Å². The third-order valence-corrected chi connectivity index (χ3v) is 2.75. The van der Waals surface area contributed by atoms with Crippen LogP contribution in [0.4, 0.5) is 0 Å². The summed E-state index contributed by atoms with van der Waals surface area (Å²) in [6.07, 6.45) is 1.90. The number of carbonyl (C=O) groups is 1. The van der Waals surface area contributed by atoms with E-state index < -0.39 is 25.4 Å². The molecule has 94 valence electrons. The molecular formula is C10H19NO5. The smallest absolute Gasteiger partial charge is 0.223 e. The Morgan fingerprint density at radius 1 is 1.31 bits per heavy atom. The SMILES string of the molecule is O=C(CC1CCCO1)NC(CO)(CO)CO. The Hall–Kier alpha value is -0.690. The van der Waals surface area contributed by atoms with Crippen LogP contribution in [0.2, 0.25) is 0 Å². The van der Waals surface area contributed by atoms with E-state index in [4.69, 9.17) is 20.1 Å². The van der Waals surface area contributed by atoms with Crippen molar-refractivity contribution in [3.05, 3.63) is 0 Å². The monoisotopic (exact) mass is 233 g/mol. The second-order valence-corrected chi connectivity index (χ2v) is 4.14. The maximum atomic E-state index is 11.6. The molecule has 1 aliphatic rings. The first-order valence-corrected chi connectivity index (χ1v) is 5.41. The van der Waals surface area contributed by atoms with Crippen molar-refractivity contribution in [2.45, 2.75) is 30.9 Å². The van der Waals surface area contributed by atoms with E-state index in [0.29, 0.717) is 6.61 Å². The predicted octanol–water partition coefficient (Wildman–Crippen LogP) is -1.61. The van der Waals surface area contributed by atoms with Gasteiger partial charge in [0.25, 0.3) is 0 Å². The molecule has 1 rings (SSSR count). The molecule has 1 amide bonds. The summed E-state index contributed by atoms with van der Waals surface area (Å²) in [5, 5.41) is 29.5. The minimum absolute atomic E-state index is 0.0891. The quantitative estimate of drug-likeness (QED) is 0.442. The average Bonchev–Trinajstić information content (AvgIpc) is 2.79. The molecule has 0 saturated carbocycles. The van der Waals surface area contributed by atoms with E-state index in [1.165, 1.54) is 0 Å². The molecule has 6 heteroatoms. The Bertz CT molecular complexity index is 215. The molecule has 6 nitrogen and oxygen atoms in total. The third kappa shape index (κ3) is 3.41. The fourth-order valence-electron chi connectivity index (χ4n) is 1.63. The fraction of sp³-hybridized carbons (Fsp3) is 0.900. The Balaban J connectivity index is 2.41. The molecule has 1 atom stereocenters. The number of rotatable bonds is 6. The summed E-state index contributed by atoms with van der Waals surface area (Å²) in [5.74, 6) is -0.330. The minimum Gasteiger partial charge on any atom is -0.394 e. The first kappa shape index (κ1) is 13.4. The van der Waals surface area contributed by atoms with Crippen LogP contribution in [0.3, 0.4) is 0 Å². The van der Waals surface area contributed by atoms with Gasteiger partial charge in [0.2, 0.25) is 5.91 Å². The number of nitrogens with one attached hydrogen (secondary N) is 1. The van der Waals surface area contributed by atoms with Crippen LogP contribution in [-0.2, 0) is 9.53 Å². The van der Waals surface area contributed by atoms with E-state index in [-0.39, 0.29) is 18.4 Å². The second kappa shape index (κ2) is 6.15. The standard InChI is InChI=1S/C10H19NO5/c12-5-10(6-13,7-14)11-9(15)4-8-2-1-3-16-8/h8,12-14H,1-7H2,(H,11,15). The highest BCUT2D eigenvalue weighted by Crippen LogP contribution is 2.15. The van der Waals surface area contributed by atoms with Crippen molar-refractivity contribution in [2.75, 3.05) is 26.4 Å². The summed E-state index contributed by atoms with van der Waals surface area (Å²) in [6.45, 7) is -0.838. The van der Waals surface area contributed by atoms with Crippen LogP contribution >= 0.6 is 0 Å². The van der Waals surface area contributed by atoms with Crippen LogP contribution in [0.5, 0.6) is 0 Å². The third-order valence-electron chi connectivity index (χ3n) is 2.75. The lowest BCUT2D eigenvalue weighted by Crippen LogP contribution is -2.57. The Labute approximate surface area is 94.2 Å². The first-order chi connectivity index (χ1) is 7.65. The van der Waals surface area contributed by atoms with Gasteiger partial charge >= 0.3 is 0 Å². The van der Waals surface area contributed by atoms with Crippen LogP contribution < -0.4 is 5.32 Å². The molecule has 0 aromatic carbocycles. The average molecular weight is 233 g/mol. The van der Waals surface area contributed by atoms with Crippen LogP contribution in [0, 0.1) is 0 Å². The maximum absolute atomic E-state index is 11.6. The molecule has 0 aliphatic carbocycles. The first-order valence-electron chi connectivity index (χ1n) is 5.41. The summed E-state index contributed by atoms with van der Waals surface area (Å²) in [5.41, 5.74) is -1.34. The zero-order chi connectivity index (χ0) is 12.0. The summed E-state index contributed by atoms with van der Waals surface area (Å²) in [6, 6.07) is 0. The van der Waals surface area contributed by atoms with E-state index in [1.807, 2.05) is 0 Å². The predicted molar refractivity (Wildman–Crippen MR) is 55.7 cm³/mol. The van der Waals surface area contributed by atoms with Crippen molar-refractivity contribution in [2.24, 2.45) is 0 Å². The van der Waals surface area contributed by atoms with E-state index >= 15 is 0 Å². The van der Waals surface area contributed by atoms with Gasteiger partial charge in [-0.15, -0.1) is 0 Å². The maximum Gasteiger partial charge on any atom is 0.223 e. The number of ether oxygens (including phenoxy) is 1. The largest absolute Gasteiger partial charge is 0.394 e. The Morgan fingerprint density at radius 2 is 1.94 bits per heavy atom. The number of aliphatic hydroxyl groups excluding tert-OH is 3. The summed E-state index contributed by atoms with van der Waals surface area (Å²) in [7, 11) is 0. The van der Waals surface area contributed by atoms with Gasteiger partial charge in [0.05, 0.1) is 32.3 Å². The fourth-order valence-corrected chi connectivity index (χ4v) is 1.63. The van der Waals surface area contributed by atoms with Crippen molar-refractivity contribution < 1.29 is 24.9 Å². The summed E-state index contributed by atoms with van der Waals surface area (Å²) in [4.78, 5) is 11.6. The molecule has 1 fully saturated rings. The molecule has 4 N–H and O–H groups in total. The number of amides is 1. The summed E-state index contributed by atoms with van der Waals surface area (Å²) >= 11 is 0. The lowest BCUT2D eigenvalue weighted by Gasteiger charge is -2.29. The highest BCUT2D eigenvalue weighted by molar-refractivity contribution is 5.77. The van der Waals surface area contributed by atoms with Gasteiger partial charge in [0.1, 0.15) is 5.54 Å². The normalized spacial score (nSPS) is 21.1. The van der Waals surface area contributed by atoms with Gasteiger partial charge in [0, 0.05) is 6.61 Å². The molecule has 0 aromatic rings. The second-order valence-electron chi connectivity index (χ2n) is 4.14. The lowest BCUT2D eigenvalue weighted by molar-refractivity contribution is -0.127. The van der Waals surface area contributed by atoms with Crippen LogP contribution in [0.1, 0.15) is 19.3 Å². The molecule has 0 radical (unpaired) electrons. The Morgan fingerprint density at radius 3 is 2.38 bits per heavy atom. The number of hydrogen-bond donors (Lipinski definition) is 4. The van der Waals surface area contributed by atoms with E-state index in [9.17, 15) is 4.79 Å². The number of carbonyl (C=O) groups excluding carboxylic acids is 1. The van der Waals surface area contributed by atoms with Gasteiger partial charge in [0.15, 0.2) is 0 Å². The summed E-state index contributed by atoms with van der Waals surface area (Å²) < 4.78 is 5.29. The molecule has 1 aliphatic heterocycles. The van der Waals surface area contributed by atoms with Gasteiger partial charge in [-0.05, 0) is 12.8 Å². The minimum atomic E-state index is -1.34.